The maximum Gasteiger partial charge on any atom is 0.416 e. The van der Waals surface area contributed by atoms with Crippen LogP contribution in [0.25, 0.3) is 11.3 Å². The third-order valence-corrected chi connectivity index (χ3v) is 7.49. The Morgan fingerprint density at radius 3 is 2.52 bits per heavy atom. The van der Waals surface area contributed by atoms with Crippen LogP contribution < -0.4 is 5.56 Å². The van der Waals surface area contributed by atoms with Gasteiger partial charge in [-0.2, -0.15) is 13.2 Å². The highest BCUT2D eigenvalue weighted by molar-refractivity contribution is 7.90. The molecular weight excluding hydrogens is 477 g/mol. The zero-order valence-electron chi connectivity index (χ0n) is 15.6. The number of benzene rings is 1. The first-order valence-electron chi connectivity index (χ1n) is 8.59. The lowest BCUT2D eigenvalue weighted by Gasteiger charge is -2.15. The van der Waals surface area contributed by atoms with E-state index >= 15 is 0 Å². The Balaban J connectivity index is 1.82. The molecule has 13 heteroatoms. The molecule has 0 saturated carbocycles. The lowest BCUT2D eigenvalue weighted by atomic mass is 10.1. The number of nitrogens with zero attached hydrogens (tertiary/aromatic N) is 4. The predicted octanol–water partition coefficient (Wildman–Crippen LogP) is 3.90. The van der Waals surface area contributed by atoms with Crippen LogP contribution in [-0.4, -0.2) is 27.6 Å². The number of rotatable bonds is 4. The minimum absolute atomic E-state index is 0.00274. The van der Waals surface area contributed by atoms with Crippen molar-refractivity contribution in [2.45, 2.75) is 24.0 Å². The molecule has 0 saturated heterocycles. The molecule has 0 aliphatic rings. The molecule has 0 aliphatic carbocycles. The van der Waals surface area contributed by atoms with Gasteiger partial charge in [0.2, 0.25) is 15.5 Å². The van der Waals surface area contributed by atoms with E-state index in [0.717, 1.165) is 26.4 Å². The maximum atomic E-state index is 13.2. The van der Waals surface area contributed by atoms with Gasteiger partial charge in [-0.05, 0) is 36.8 Å². The molecule has 0 fully saturated rings. The average Bonchev–Trinajstić information content (AvgIpc) is 3.28. The fraction of sp³-hybridized carbons (Fsp3) is 0.167. The number of hydrogen-bond acceptors (Lipinski definition) is 6. The Morgan fingerprint density at radius 1 is 1.13 bits per heavy atom. The quantitative estimate of drug-likeness (QED) is 0.435. The highest BCUT2D eigenvalue weighted by Crippen LogP contribution is 2.33. The van der Waals surface area contributed by atoms with Crippen molar-refractivity contribution < 1.29 is 21.6 Å². The van der Waals surface area contributed by atoms with E-state index in [-0.39, 0.29) is 22.7 Å². The third kappa shape index (κ3) is 3.86. The van der Waals surface area contributed by atoms with Gasteiger partial charge in [-0.1, -0.05) is 17.7 Å². The standard InChI is InChI=1S/C18H12ClF3N4O3S2/c1-10-12(18(20,21)22)3-2-4-13(10)25-7-8-26-15(16(25)27)23-24-17(26)31(28,29)9-11-5-6-14(19)30-11/h2-8H,9H2,1H3. The van der Waals surface area contributed by atoms with Crippen molar-refractivity contribution in [2.75, 3.05) is 0 Å². The number of alkyl halides is 3. The van der Waals surface area contributed by atoms with Gasteiger partial charge in [0.15, 0.2) is 0 Å². The summed E-state index contributed by atoms with van der Waals surface area (Å²) in [5, 5.41) is 6.87. The molecule has 7 nitrogen and oxygen atoms in total. The Kier molecular flexibility index (Phi) is 5.18. The molecule has 0 atom stereocenters. The zero-order valence-corrected chi connectivity index (χ0v) is 18.0. The molecule has 31 heavy (non-hydrogen) atoms. The first kappa shape index (κ1) is 21.5. The minimum Gasteiger partial charge on any atom is -0.279 e. The maximum absolute atomic E-state index is 13.2. The van der Waals surface area contributed by atoms with E-state index < -0.39 is 32.3 Å². The molecular formula is C18H12ClF3N4O3S2. The first-order chi connectivity index (χ1) is 14.5. The second kappa shape index (κ2) is 7.46. The van der Waals surface area contributed by atoms with Crippen LogP contribution in [0.2, 0.25) is 4.34 Å². The van der Waals surface area contributed by atoms with Crippen LogP contribution in [-0.2, 0) is 21.8 Å². The number of halogens is 4. The van der Waals surface area contributed by atoms with Crippen LogP contribution in [0.3, 0.4) is 0 Å². The van der Waals surface area contributed by atoms with Crippen molar-refractivity contribution >= 4 is 38.4 Å². The van der Waals surface area contributed by atoms with Crippen molar-refractivity contribution in [1.82, 2.24) is 19.2 Å². The Morgan fingerprint density at radius 2 is 1.87 bits per heavy atom. The van der Waals surface area contributed by atoms with Gasteiger partial charge >= 0.3 is 11.7 Å². The van der Waals surface area contributed by atoms with Crippen LogP contribution in [0.5, 0.6) is 0 Å². The molecule has 162 valence electrons. The molecule has 0 spiro atoms. The lowest BCUT2D eigenvalue weighted by Crippen LogP contribution is -2.22. The molecule has 3 aromatic heterocycles. The van der Waals surface area contributed by atoms with Crippen molar-refractivity contribution in [1.29, 1.82) is 0 Å². The van der Waals surface area contributed by atoms with E-state index in [0.29, 0.717) is 9.21 Å². The van der Waals surface area contributed by atoms with E-state index in [9.17, 15) is 26.4 Å². The zero-order chi connectivity index (χ0) is 22.6. The van der Waals surface area contributed by atoms with Crippen LogP contribution in [0.1, 0.15) is 16.0 Å². The second-order valence-electron chi connectivity index (χ2n) is 6.56. The summed E-state index contributed by atoms with van der Waals surface area (Å²) in [6.45, 7) is 1.25. The predicted molar refractivity (Wildman–Crippen MR) is 109 cm³/mol. The van der Waals surface area contributed by atoms with Crippen LogP contribution in [0.4, 0.5) is 13.2 Å². The summed E-state index contributed by atoms with van der Waals surface area (Å²) >= 11 is 6.93. The minimum atomic E-state index is -4.59. The highest BCUT2D eigenvalue weighted by atomic mass is 35.5. The van der Waals surface area contributed by atoms with Gasteiger partial charge in [-0.3, -0.25) is 13.8 Å². The van der Waals surface area contributed by atoms with Gasteiger partial charge in [0, 0.05) is 17.3 Å². The summed E-state index contributed by atoms with van der Waals surface area (Å²) in [5.74, 6) is -0.388. The normalized spacial score (nSPS) is 12.5. The van der Waals surface area contributed by atoms with E-state index in [4.69, 9.17) is 11.6 Å². The number of aromatic nitrogens is 4. The summed E-state index contributed by atoms with van der Waals surface area (Å²) in [6, 6.07) is 6.60. The van der Waals surface area contributed by atoms with Crippen LogP contribution >= 0.6 is 22.9 Å². The van der Waals surface area contributed by atoms with Crippen LogP contribution in [0, 0.1) is 6.92 Å². The van der Waals surface area contributed by atoms with Gasteiger partial charge in [-0.15, -0.1) is 21.5 Å². The number of thiophene rings is 1. The van der Waals surface area contributed by atoms with E-state index in [1.165, 1.54) is 31.5 Å². The van der Waals surface area contributed by atoms with Gasteiger partial charge in [0.25, 0.3) is 5.16 Å². The molecule has 0 amide bonds. The Bertz CT molecular complexity index is 1470. The van der Waals surface area contributed by atoms with Crippen molar-refractivity contribution in [3.63, 3.8) is 0 Å². The number of sulfone groups is 1. The first-order valence-corrected chi connectivity index (χ1v) is 11.4. The fourth-order valence-corrected chi connectivity index (χ4v) is 5.94. The van der Waals surface area contributed by atoms with E-state index in [1.54, 1.807) is 12.1 Å². The van der Waals surface area contributed by atoms with Crippen LogP contribution in [0.15, 0.2) is 52.7 Å². The summed E-state index contributed by atoms with van der Waals surface area (Å²) in [7, 11) is -3.97. The van der Waals surface area contributed by atoms with Crippen molar-refractivity contribution in [3.05, 3.63) is 73.4 Å². The van der Waals surface area contributed by atoms with Gasteiger partial charge < -0.3 is 0 Å². The summed E-state index contributed by atoms with van der Waals surface area (Å²) in [5.41, 5.74) is -2.16. The summed E-state index contributed by atoms with van der Waals surface area (Å²) in [6.07, 6.45) is -2.18. The molecule has 4 aromatic rings. The SMILES string of the molecule is Cc1c(-n2ccn3c(S(=O)(=O)Cc4ccc(Cl)s4)nnc3c2=O)cccc1C(F)(F)F. The van der Waals surface area contributed by atoms with E-state index in [1.807, 2.05) is 0 Å². The Labute approximate surface area is 182 Å². The van der Waals surface area contributed by atoms with Crippen molar-refractivity contribution in [3.8, 4) is 5.69 Å². The van der Waals surface area contributed by atoms with Gasteiger partial charge in [-0.25, -0.2) is 8.42 Å². The molecule has 1 aromatic carbocycles. The van der Waals surface area contributed by atoms with Gasteiger partial charge in [0.05, 0.1) is 21.3 Å². The largest absolute Gasteiger partial charge is 0.416 e. The summed E-state index contributed by atoms with van der Waals surface area (Å²) in [4.78, 5) is 13.4. The third-order valence-electron chi connectivity index (χ3n) is 4.55. The molecule has 0 N–H and O–H groups in total. The fourth-order valence-electron chi connectivity index (χ4n) is 3.14. The molecule has 0 aliphatic heterocycles. The average molecular weight is 489 g/mol. The molecule has 0 radical (unpaired) electrons. The summed E-state index contributed by atoms with van der Waals surface area (Å²) < 4.78 is 67.6. The Hall–Kier alpha value is -2.70. The van der Waals surface area contributed by atoms with Crippen molar-refractivity contribution in [2.24, 2.45) is 0 Å². The highest BCUT2D eigenvalue weighted by Gasteiger charge is 2.33. The van der Waals surface area contributed by atoms with Gasteiger partial charge in [0.1, 0.15) is 0 Å². The monoisotopic (exact) mass is 488 g/mol. The second-order valence-corrected chi connectivity index (χ2v) is 10.2. The molecule has 0 unspecified atom stereocenters. The lowest BCUT2D eigenvalue weighted by molar-refractivity contribution is -0.138. The smallest absolute Gasteiger partial charge is 0.279 e. The number of hydrogen-bond donors (Lipinski definition) is 0. The van der Waals surface area contributed by atoms with E-state index in [2.05, 4.69) is 10.2 Å². The molecule has 3 heterocycles. The number of fused-ring (bicyclic) bond motifs is 1. The molecule has 0 bridgehead atoms. The molecule has 4 rings (SSSR count). The topological polar surface area (TPSA) is 86.3 Å².